The SMILES string of the molecule is CSC1CCCC(n2c(=S)[nH]c3cc(C)ccc32)C1. The molecule has 1 aromatic carbocycles. The van der Waals surface area contributed by atoms with E-state index in [0.29, 0.717) is 6.04 Å². The second-order valence-electron chi connectivity index (χ2n) is 5.50. The van der Waals surface area contributed by atoms with Crippen molar-refractivity contribution in [3.63, 3.8) is 0 Å². The van der Waals surface area contributed by atoms with Gasteiger partial charge in [0, 0.05) is 11.3 Å². The summed E-state index contributed by atoms with van der Waals surface area (Å²) in [6.45, 7) is 2.12. The lowest BCUT2D eigenvalue weighted by Crippen LogP contribution is -2.20. The summed E-state index contributed by atoms with van der Waals surface area (Å²) < 4.78 is 3.24. The molecule has 3 rings (SSSR count). The van der Waals surface area contributed by atoms with Crippen molar-refractivity contribution in [1.82, 2.24) is 9.55 Å². The topological polar surface area (TPSA) is 20.7 Å². The van der Waals surface area contributed by atoms with Gasteiger partial charge >= 0.3 is 0 Å². The van der Waals surface area contributed by atoms with E-state index in [1.54, 1.807) is 0 Å². The number of hydrogen-bond donors (Lipinski definition) is 1. The maximum atomic E-state index is 5.55. The van der Waals surface area contributed by atoms with E-state index < -0.39 is 0 Å². The number of hydrogen-bond acceptors (Lipinski definition) is 2. The van der Waals surface area contributed by atoms with Gasteiger partial charge < -0.3 is 9.55 Å². The van der Waals surface area contributed by atoms with E-state index in [0.717, 1.165) is 10.0 Å². The Morgan fingerprint density at radius 3 is 3.00 bits per heavy atom. The van der Waals surface area contributed by atoms with E-state index in [9.17, 15) is 0 Å². The molecule has 0 saturated heterocycles. The van der Waals surface area contributed by atoms with Crippen LogP contribution in [-0.2, 0) is 0 Å². The van der Waals surface area contributed by atoms with Crippen LogP contribution in [0.3, 0.4) is 0 Å². The third-order valence-electron chi connectivity index (χ3n) is 4.17. The number of H-pyrrole nitrogens is 1. The monoisotopic (exact) mass is 292 g/mol. The molecule has 0 radical (unpaired) electrons. The lowest BCUT2D eigenvalue weighted by molar-refractivity contribution is 0.365. The number of aromatic amines is 1. The summed E-state index contributed by atoms with van der Waals surface area (Å²) in [6.07, 6.45) is 7.40. The molecule has 1 saturated carbocycles. The second-order valence-corrected chi connectivity index (χ2v) is 7.02. The van der Waals surface area contributed by atoms with Gasteiger partial charge in [-0.1, -0.05) is 12.5 Å². The van der Waals surface area contributed by atoms with Crippen LogP contribution < -0.4 is 0 Å². The molecule has 0 aliphatic heterocycles. The smallest absolute Gasteiger partial charge is 0.178 e. The van der Waals surface area contributed by atoms with E-state index in [-0.39, 0.29) is 0 Å². The zero-order chi connectivity index (χ0) is 13.4. The summed E-state index contributed by atoms with van der Waals surface area (Å²) in [7, 11) is 0. The standard InChI is InChI=1S/C15H20N2S2/c1-10-6-7-14-13(8-10)16-15(18)17(14)11-4-3-5-12(9-11)19-2/h6-8,11-12H,3-5,9H2,1-2H3,(H,16,18). The van der Waals surface area contributed by atoms with Gasteiger partial charge in [0.15, 0.2) is 4.77 Å². The van der Waals surface area contributed by atoms with Gasteiger partial charge in [-0.2, -0.15) is 11.8 Å². The number of thioether (sulfide) groups is 1. The van der Waals surface area contributed by atoms with Gasteiger partial charge in [-0.15, -0.1) is 0 Å². The molecule has 19 heavy (non-hydrogen) atoms. The second kappa shape index (κ2) is 5.33. The van der Waals surface area contributed by atoms with Crippen LogP contribution in [0.4, 0.5) is 0 Å². The van der Waals surface area contributed by atoms with Crippen molar-refractivity contribution < 1.29 is 0 Å². The van der Waals surface area contributed by atoms with Crippen LogP contribution in [0.25, 0.3) is 11.0 Å². The summed E-state index contributed by atoms with van der Waals surface area (Å²) >= 11 is 7.56. The maximum Gasteiger partial charge on any atom is 0.178 e. The summed E-state index contributed by atoms with van der Waals surface area (Å²) in [5, 5.41) is 0.788. The number of aromatic nitrogens is 2. The fourth-order valence-electron chi connectivity index (χ4n) is 3.18. The zero-order valence-electron chi connectivity index (χ0n) is 11.5. The molecule has 1 aliphatic rings. The molecule has 2 atom stereocenters. The minimum absolute atomic E-state index is 0.565. The first-order valence-electron chi connectivity index (χ1n) is 6.92. The molecule has 102 valence electrons. The lowest BCUT2D eigenvalue weighted by Gasteiger charge is -2.29. The van der Waals surface area contributed by atoms with Gasteiger partial charge in [0.2, 0.25) is 0 Å². The molecule has 2 nitrogen and oxygen atoms in total. The highest BCUT2D eigenvalue weighted by atomic mass is 32.2. The molecule has 4 heteroatoms. The van der Waals surface area contributed by atoms with Crippen molar-refractivity contribution in [1.29, 1.82) is 0 Å². The Morgan fingerprint density at radius 2 is 2.21 bits per heavy atom. The molecule has 1 heterocycles. The molecule has 0 spiro atoms. The first-order valence-corrected chi connectivity index (χ1v) is 8.62. The van der Waals surface area contributed by atoms with Gasteiger partial charge in [0.05, 0.1) is 11.0 Å². The number of nitrogens with zero attached hydrogens (tertiary/aromatic N) is 1. The van der Waals surface area contributed by atoms with Gasteiger partial charge in [0.1, 0.15) is 0 Å². The number of rotatable bonds is 2. The number of fused-ring (bicyclic) bond motifs is 1. The highest BCUT2D eigenvalue weighted by Gasteiger charge is 2.24. The third kappa shape index (κ3) is 2.48. The maximum absolute atomic E-state index is 5.55. The van der Waals surface area contributed by atoms with E-state index in [2.05, 4.69) is 40.9 Å². The van der Waals surface area contributed by atoms with Crippen LogP contribution in [0.5, 0.6) is 0 Å². The zero-order valence-corrected chi connectivity index (χ0v) is 13.1. The summed E-state index contributed by atoms with van der Waals surface area (Å²) in [4.78, 5) is 3.37. The van der Waals surface area contributed by atoms with Gasteiger partial charge in [-0.05, 0) is 62.4 Å². The first kappa shape index (κ1) is 13.3. The number of imidazole rings is 1. The summed E-state index contributed by atoms with van der Waals surface area (Å²) in [5.74, 6) is 0. The Labute approximate surface area is 123 Å². The quantitative estimate of drug-likeness (QED) is 0.798. The number of aryl methyl sites for hydroxylation is 1. The average molecular weight is 292 g/mol. The predicted octanol–water partition coefficient (Wildman–Crippen LogP) is 4.85. The minimum Gasteiger partial charge on any atom is -0.331 e. The van der Waals surface area contributed by atoms with E-state index in [1.165, 1.54) is 42.3 Å². The Hall–Kier alpha value is -0.740. The minimum atomic E-state index is 0.565. The Balaban J connectivity index is 2.04. The summed E-state index contributed by atoms with van der Waals surface area (Å²) in [5.41, 5.74) is 3.72. The summed E-state index contributed by atoms with van der Waals surface area (Å²) in [6, 6.07) is 7.14. The van der Waals surface area contributed by atoms with Crippen molar-refractivity contribution in [2.24, 2.45) is 0 Å². The van der Waals surface area contributed by atoms with E-state index in [1.807, 2.05) is 11.8 Å². The Kier molecular flexibility index (Phi) is 3.72. The predicted molar refractivity (Wildman–Crippen MR) is 86.7 cm³/mol. The lowest BCUT2D eigenvalue weighted by atomic mass is 9.94. The van der Waals surface area contributed by atoms with Crippen LogP contribution in [0.1, 0.15) is 37.3 Å². The number of nitrogens with one attached hydrogen (secondary N) is 1. The molecule has 1 fully saturated rings. The molecular formula is C15H20N2S2. The molecule has 2 unspecified atom stereocenters. The molecule has 0 bridgehead atoms. The first-order chi connectivity index (χ1) is 9.19. The normalized spacial score (nSPS) is 23.9. The molecule has 1 aliphatic carbocycles. The van der Waals surface area contributed by atoms with Crippen molar-refractivity contribution in [2.45, 2.75) is 43.9 Å². The molecular weight excluding hydrogens is 272 g/mol. The fraction of sp³-hybridized carbons (Fsp3) is 0.533. The average Bonchev–Trinajstić information content (AvgIpc) is 2.73. The third-order valence-corrected chi connectivity index (χ3v) is 5.56. The largest absolute Gasteiger partial charge is 0.331 e. The van der Waals surface area contributed by atoms with Crippen LogP contribution >= 0.6 is 24.0 Å². The van der Waals surface area contributed by atoms with E-state index >= 15 is 0 Å². The van der Waals surface area contributed by atoms with Gasteiger partial charge in [-0.25, -0.2) is 0 Å². The molecule has 1 aromatic heterocycles. The van der Waals surface area contributed by atoms with E-state index in [4.69, 9.17) is 12.2 Å². The molecule has 2 aromatic rings. The highest BCUT2D eigenvalue weighted by molar-refractivity contribution is 7.99. The highest BCUT2D eigenvalue weighted by Crippen LogP contribution is 2.36. The molecule has 0 amide bonds. The van der Waals surface area contributed by atoms with Gasteiger partial charge in [0.25, 0.3) is 0 Å². The van der Waals surface area contributed by atoms with Crippen LogP contribution in [0.15, 0.2) is 18.2 Å². The van der Waals surface area contributed by atoms with Crippen LogP contribution in [0.2, 0.25) is 0 Å². The van der Waals surface area contributed by atoms with Crippen molar-refractivity contribution >= 4 is 35.0 Å². The van der Waals surface area contributed by atoms with Crippen LogP contribution in [-0.4, -0.2) is 21.1 Å². The fourth-order valence-corrected chi connectivity index (χ4v) is 4.35. The number of benzene rings is 1. The van der Waals surface area contributed by atoms with Crippen molar-refractivity contribution in [2.75, 3.05) is 6.26 Å². The van der Waals surface area contributed by atoms with Gasteiger partial charge in [-0.3, -0.25) is 0 Å². The molecule has 1 N–H and O–H groups in total. The van der Waals surface area contributed by atoms with Crippen molar-refractivity contribution in [3.8, 4) is 0 Å². The van der Waals surface area contributed by atoms with Crippen LogP contribution in [0, 0.1) is 11.7 Å². The Morgan fingerprint density at radius 1 is 1.37 bits per heavy atom. The Bertz CT molecular complexity index is 641. The van der Waals surface area contributed by atoms with Crippen molar-refractivity contribution in [3.05, 3.63) is 28.5 Å².